The van der Waals surface area contributed by atoms with Gasteiger partial charge in [0.15, 0.2) is 11.8 Å². The van der Waals surface area contributed by atoms with Gasteiger partial charge in [0.1, 0.15) is 12.4 Å². The van der Waals surface area contributed by atoms with Crippen molar-refractivity contribution in [2.75, 3.05) is 0 Å². The number of aliphatic imine (C=N–C) groups is 1. The molecule has 0 radical (unpaired) electrons. The summed E-state index contributed by atoms with van der Waals surface area (Å²) in [5.74, 6) is 3.57. The maximum atomic E-state index is 4.78. The second-order valence-electron chi connectivity index (χ2n) is 7.09. The highest BCUT2D eigenvalue weighted by molar-refractivity contribution is 14.0. The van der Waals surface area contributed by atoms with Crippen LogP contribution in [-0.4, -0.2) is 26.8 Å². The Balaban J connectivity index is 0.00000261. The Morgan fingerprint density at radius 1 is 1.30 bits per heavy atom. The highest BCUT2D eigenvalue weighted by Crippen LogP contribution is 2.26. The first-order valence-electron chi connectivity index (χ1n) is 9.57. The zero-order valence-corrected chi connectivity index (χ0v) is 19.6. The van der Waals surface area contributed by atoms with Crippen LogP contribution in [0.4, 0.5) is 0 Å². The number of nitrogens with zero attached hydrogens (tertiary/aromatic N) is 4. The van der Waals surface area contributed by atoms with Crippen LogP contribution in [0, 0.1) is 12.8 Å². The van der Waals surface area contributed by atoms with E-state index in [9.17, 15) is 0 Å². The molecule has 0 amide bonds. The number of halogens is 1. The van der Waals surface area contributed by atoms with Gasteiger partial charge in [0.25, 0.3) is 0 Å². The molecule has 3 rings (SSSR count). The Morgan fingerprint density at radius 3 is 2.67 bits per heavy atom. The van der Waals surface area contributed by atoms with Crippen LogP contribution >= 0.6 is 35.3 Å². The summed E-state index contributed by atoms with van der Waals surface area (Å²) in [6, 6.07) is 4.74. The molecule has 1 fully saturated rings. The number of rotatable bonds is 6. The molecule has 27 heavy (non-hydrogen) atoms. The van der Waals surface area contributed by atoms with Crippen LogP contribution in [0.1, 0.15) is 55.6 Å². The SMILES string of the molecule is CCC1CCC(NC(=NCc2nnc(C)n2C)NCc2cccs2)CC1.I. The Hall–Kier alpha value is -1.16. The van der Waals surface area contributed by atoms with Gasteiger partial charge in [0, 0.05) is 18.0 Å². The summed E-state index contributed by atoms with van der Waals surface area (Å²) in [6.07, 6.45) is 6.38. The van der Waals surface area contributed by atoms with E-state index in [1.807, 2.05) is 18.5 Å². The average Bonchev–Trinajstić information content (AvgIpc) is 3.29. The van der Waals surface area contributed by atoms with Crippen molar-refractivity contribution in [2.24, 2.45) is 18.0 Å². The minimum Gasteiger partial charge on any atom is -0.354 e. The first-order valence-corrected chi connectivity index (χ1v) is 10.5. The fourth-order valence-corrected chi connectivity index (χ4v) is 4.03. The zero-order valence-electron chi connectivity index (χ0n) is 16.4. The highest BCUT2D eigenvalue weighted by atomic mass is 127. The molecule has 1 aliphatic carbocycles. The maximum Gasteiger partial charge on any atom is 0.192 e. The second-order valence-corrected chi connectivity index (χ2v) is 8.12. The van der Waals surface area contributed by atoms with Crippen LogP contribution in [0.25, 0.3) is 0 Å². The predicted octanol–water partition coefficient (Wildman–Crippen LogP) is 4.01. The summed E-state index contributed by atoms with van der Waals surface area (Å²) in [5, 5.41) is 17.6. The lowest BCUT2D eigenvalue weighted by Crippen LogP contribution is -2.44. The summed E-state index contributed by atoms with van der Waals surface area (Å²) >= 11 is 1.76. The van der Waals surface area contributed by atoms with Gasteiger partial charge < -0.3 is 15.2 Å². The summed E-state index contributed by atoms with van der Waals surface area (Å²) in [5.41, 5.74) is 0. The van der Waals surface area contributed by atoms with Crippen molar-refractivity contribution in [3.05, 3.63) is 34.0 Å². The molecular formula is C19H31IN6S. The third-order valence-electron chi connectivity index (χ3n) is 5.34. The molecule has 0 spiro atoms. The smallest absolute Gasteiger partial charge is 0.192 e. The molecule has 0 bridgehead atoms. The quantitative estimate of drug-likeness (QED) is 0.356. The van der Waals surface area contributed by atoms with E-state index in [2.05, 4.69) is 45.3 Å². The van der Waals surface area contributed by atoms with E-state index in [0.717, 1.165) is 30.1 Å². The van der Waals surface area contributed by atoms with Gasteiger partial charge in [-0.3, -0.25) is 0 Å². The summed E-state index contributed by atoms with van der Waals surface area (Å²) in [7, 11) is 1.98. The molecule has 150 valence electrons. The van der Waals surface area contributed by atoms with E-state index in [1.54, 1.807) is 11.3 Å². The molecule has 0 aliphatic heterocycles. The number of thiophene rings is 1. The van der Waals surface area contributed by atoms with Crippen molar-refractivity contribution in [3.8, 4) is 0 Å². The molecule has 0 saturated heterocycles. The fourth-order valence-electron chi connectivity index (χ4n) is 3.38. The number of guanidine groups is 1. The van der Waals surface area contributed by atoms with Gasteiger partial charge in [-0.15, -0.1) is 45.5 Å². The second kappa shape index (κ2) is 11.0. The molecule has 2 N–H and O–H groups in total. The molecule has 6 nitrogen and oxygen atoms in total. The van der Waals surface area contributed by atoms with Crippen molar-refractivity contribution in [2.45, 2.75) is 65.1 Å². The Labute approximate surface area is 183 Å². The van der Waals surface area contributed by atoms with Crippen LogP contribution in [-0.2, 0) is 20.1 Å². The molecule has 0 aromatic carbocycles. The van der Waals surface area contributed by atoms with Crippen molar-refractivity contribution in [1.29, 1.82) is 0 Å². The predicted molar refractivity (Wildman–Crippen MR) is 123 cm³/mol. The molecule has 2 aromatic rings. The zero-order chi connectivity index (χ0) is 18.4. The van der Waals surface area contributed by atoms with Crippen molar-refractivity contribution >= 4 is 41.3 Å². The molecule has 0 atom stereocenters. The standard InChI is InChI=1S/C19H30N6S.HI/c1-4-15-7-9-16(10-8-15)22-19(20-12-17-6-5-11-26-17)21-13-18-24-23-14(2)25(18)3;/h5-6,11,15-16H,4,7-10,12-13H2,1-3H3,(H2,20,21,22);1H. The maximum absolute atomic E-state index is 4.78. The van der Waals surface area contributed by atoms with Crippen molar-refractivity contribution in [1.82, 2.24) is 25.4 Å². The first kappa shape index (κ1) is 22.1. The highest BCUT2D eigenvalue weighted by Gasteiger charge is 2.20. The molecular weight excluding hydrogens is 471 g/mol. The van der Waals surface area contributed by atoms with E-state index >= 15 is 0 Å². The summed E-state index contributed by atoms with van der Waals surface area (Å²) in [4.78, 5) is 6.09. The lowest BCUT2D eigenvalue weighted by Gasteiger charge is -2.29. The summed E-state index contributed by atoms with van der Waals surface area (Å²) in [6.45, 7) is 5.59. The number of aromatic nitrogens is 3. The number of aryl methyl sites for hydroxylation is 1. The Morgan fingerprint density at radius 2 is 2.07 bits per heavy atom. The van der Waals surface area contributed by atoms with Gasteiger partial charge in [-0.05, 0) is 50.0 Å². The average molecular weight is 502 g/mol. The minimum absolute atomic E-state index is 0. The number of nitrogens with one attached hydrogen (secondary N) is 2. The van der Waals surface area contributed by atoms with Gasteiger partial charge in [0.05, 0.1) is 6.54 Å². The Kier molecular flexibility index (Phi) is 9.01. The molecule has 8 heteroatoms. The van der Waals surface area contributed by atoms with E-state index in [1.165, 1.54) is 37.0 Å². The van der Waals surface area contributed by atoms with Crippen LogP contribution in [0.15, 0.2) is 22.5 Å². The topological polar surface area (TPSA) is 67.1 Å². The van der Waals surface area contributed by atoms with Gasteiger partial charge in [-0.2, -0.15) is 0 Å². The molecule has 1 aliphatic rings. The fraction of sp³-hybridized carbons (Fsp3) is 0.632. The van der Waals surface area contributed by atoms with Gasteiger partial charge >= 0.3 is 0 Å². The van der Waals surface area contributed by atoms with Crippen LogP contribution in [0.2, 0.25) is 0 Å². The Bertz CT molecular complexity index is 704. The largest absolute Gasteiger partial charge is 0.354 e. The molecule has 0 unspecified atom stereocenters. The molecule has 2 heterocycles. The van der Waals surface area contributed by atoms with Gasteiger partial charge in [-0.1, -0.05) is 19.4 Å². The molecule has 1 saturated carbocycles. The first-order chi connectivity index (χ1) is 12.7. The third-order valence-corrected chi connectivity index (χ3v) is 6.21. The van der Waals surface area contributed by atoms with Gasteiger partial charge in [0.2, 0.25) is 0 Å². The van der Waals surface area contributed by atoms with Crippen LogP contribution in [0.5, 0.6) is 0 Å². The monoisotopic (exact) mass is 502 g/mol. The third kappa shape index (κ3) is 6.44. The lowest BCUT2D eigenvalue weighted by molar-refractivity contribution is 0.304. The van der Waals surface area contributed by atoms with E-state index in [4.69, 9.17) is 4.99 Å². The normalized spacial score (nSPS) is 20.2. The number of hydrogen-bond acceptors (Lipinski definition) is 4. The summed E-state index contributed by atoms with van der Waals surface area (Å²) < 4.78 is 1.99. The lowest BCUT2D eigenvalue weighted by atomic mass is 9.84. The number of hydrogen-bond donors (Lipinski definition) is 2. The van der Waals surface area contributed by atoms with E-state index in [-0.39, 0.29) is 24.0 Å². The van der Waals surface area contributed by atoms with Gasteiger partial charge in [-0.25, -0.2) is 4.99 Å². The van der Waals surface area contributed by atoms with Crippen molar-refractivity contribution < 1.29 is 0 Å². The molecule has 2 aromatic heterocycles. The van der Waals surface area contributed by atoms with E-state index in [0.29, 0.717) is 12.6 Å². The van der Waals surface area contributed by atoms with E-state index < -0.39 is 0 Å². The minimum atomic E-state index is 0. The van der Waals surface area contributed by atoms with Crippen LogP contribution in [0.3, 0.4) is 0 Å². The van der Waals surface area contributed by atoms with Crippen molar-refractivity contribution in [3.63, 3.8) is 0 Å². The van der Waals surface area contributed by atoms with Crippen LogP contribution < -0.4 is 10.6 Å².